The van der Waals surface area contributed by atoms with Crippen LogP contribution in [-0.2, 0) is 11.2 Å². The van der Waals surface area contributed by atoms with Gasteiger partial charge in [0.25, 0.3) is 0 Å². The number of hydrogen-bond donors (Lipinski definition) is 2. The molecule has 0 fully saturated rings. The van der Waals surface area contributed by atoms with Crippen molar-refractivity contribution in [2.45, 2.75) is 38.3 Å². The fourth-order valence-electron chi connectivity index (χ4n) is 3.47. The smallest absolute Gasteiger partial charge is 0.247 e. The van der Waals surface area contributed by atoms with Crippen LogP contribution in [0.15, 0.2) is 48.5 Å². The van der Waals surface area contributed by atoms with Crippen molar-refractivity contribution >= 4 is 24.0 Å². The molecule has 2 atom stereocenters. The number of carbonyl (C=O) groups excluding carboxylic acids is 1. The second-order valence-electron chi connectivity index (χ2n) is 6.89. The number of nitrogen functional groups attached to an aromatic ring is 1. The summed E-state index contributed by atoms with van der Waals surface area (Å²) < 4.78 is 0. The number of tetrazole rings is 1. The van der Waals surface area contributed by atoms with Gasteiger partial charge in [-0.2, -0.15) is 4.80 Å². The zero-order chi connectivity index (χ0) is 18.8. The van der Waals surface area contributed by atoms with E-state index in [4.69, 9.17) is 5.73 Å². The lowest BCUT2D eigenvalue weighted by Crippen LogP contribution is -2.36. The molecule has 0 saturated heterocycles. The average molecular weight is 399 g/mol. The highest BCUT2D eigenvalue weighted by molar-refractivity contribution is 5.85. The lowest BCUT2D eigenvalue weighted by atomic mass is 9.87. The average Bonchev–Trinajstić information content (AvgIpc) is 3.18. The van der Waals surface area contributed by atoms with E-state index in [1.165, 1.54) is 10.4 Å². The van der Waals surface area contributed by atoms with Gasteiger partial charge >= 0.3 is 0 Å². The van der Waals surface area contributed by atoms with Crippen LogP contribution in [0.3, 0.4) is 0 Å². The number of fused-ring (bicyclic) bond motifs is 1. The van der Waals surface area contributed by atoms with Gasteiger partial charge in [0.05, 0.1) is 6.04 Å². The Morgan fingerprint density at radius 3 is 2.82 bits per heavy atom. The summed E-state index contributed by atoms with van der Waals surface area (Å²) in [5.41, 5.74) is 9.88. The fraction of sp³-hybridized carbons (Fsp3) is 0.300. The second-order valence-corrected chi connectivity index (χ2v) is 6.89. The molecule has 1 aliphatic rings. The van der Waals surface area contributed by atoms with Gasteiger partial charge in [-0.05, 0) is 54.7 Å². The summed E-state index contributed by atoms with van der Waals surface area (Å²) in [4.78, 5) is 14.1. The van der Waals surface area contributed by atoms with Crippen LogP contribution in [-0.4, -0.2) is 26.1 Å². The molecule has 0 bridgehead atoms. The number of nitrogens with zero attached hydrogens (tertiary/aromatic N) is 4. The van der Waals surface area contributed by atoms with Gasteiger partial charge in [-0.15, -0.1) is 22.6 Å². The summed E-state index contributed by atoms with van der Waals surface area (Å²) in [6.45, 7) is 1.78. The summed E-state index contributed by atoms with van der Waals surface area (Å²) in [6, 6.07) is 14.9. The Hall–Kier alpha value is -2.93. The predicted octanol–water partition coefficient (Wildman–Crippen LogP) is 3.10. The number of aryl methyl sites for hydroxylation is 1. The highest BCUT2D eigenvalue weighted by atomic mass is 35.5. The first-order chi connectivity index (χ1) is 13.1. The molecule has 3 N–H and O–H groups in total. The molecule has 1 amide bonds. The van der Waals surface area contributed by atoms with Crippen LogP contribution in [0.2, 0.25) is 0 Å². The molecular formula is C20H23ClN6O. The van der Waals surface area contributed by atoms with Gasteiger partial charge < -0.3 is 11.1 Å². The molecule has 8 heteroatoms. The van der Waals surface area contributed by atoms with E-state index in [0.717, 1.165) is 36.1 Å². The maximum atomic E-state index is 12.8. The SMILES string of the molecule is CC(C(=O)NC1CCCc2cc(N)ccc21)n1nnc(-c2ccccc2)n1.Cl. The number of carbonyl (C=O) groups is 1. The monoisotopic (exact) mass is 398 g/mol. The Morgan fingerprint density at radius 1 is 1.25 bits per heavy atom. The Kier molecular flexibility index (Phi) is 5.94. The van der Waals surface area contributed by atoms with Crippen molar-refractivity contribution in [3.05, 3.63) is 59.7 Å². The van der Waals surface area contributed by atoms with E-state index in [2.05, 4.69) is 20.7 Å². The first-order valence-corrected chi connectivity index (χ1v) is 9.15. The van der Waals surface area contributed by atoms with Crippen molar-refractivity contribution in [3.8, 4) is 11.4 Å². The minimum Gasteiger partial charge on any atom is -0.399 e. The molecule has 2 unspecified atom stereocenters. The number of nitrogens with two attached hydrogens (primary N) is 1. The van der Waals surface area contributed by atoms with Crippen molar-refractivity contribution in [3.63, 3.8) is 0 Å². The maximum absolute atomic E-state index is 12.8. The highest BCUT2D eigenvalue weighted by Gasteiger charge is 2.26. The van der Waals surface area contributed by atoms with Crippen LogP contribution in [0, 0.1) is 0 Å². The number of nitrogens with one attached hydrogen (secondary N) is 1. The van der Waals surface area contributed by atoms with E-state index in [-0.39, 0.29) is 24.4 Å². The van der Waals surface area contributed by atoms with Crippen LogP contribution >= 0.6 is 12.4 Å². The van der Waals surface area contributed by atoms with Crippen LogP contribution in [0.5, 0.6) is 0 Å². The van der Waals surface area contributed by atoms with E-state index in [1.807, 2.05) is 48.5 Å². The van der Waals surface area contributed by atoms with Gasteiger partial charge in [0.15, 0.2) is 0 Å². The fourth-order valence-corrected chi connectivity index (χ4v) is 3.47. The minimum absolute atomic E-state index is 0. The number of benzene rings is 2. The number of aromatic nitrogens is 4. The normalized spacial score (nSPS) is 16.5. The van der Waals surface area contributed by atoms with Gasteiger partial charge in [0.1, 0.15) is 6.04 Å². The van der Waals surface area contributed by atoms with Crippen molar-refractivity contribution in [1.82, 2.24) is 25.5 Å². The summed E-state index contributed by atoms with van der Waals surface area (Å²) >= 11 is 0. The quantitative estimate of drug-likeness (QED) is 0.658. The topological polar surface area (TPSA) is 98.7 Å². The third-order valence-electron chi connectivity index (χ3n) is 4.98. The van der Waals surface area contributed by atoms with Gasteiger partial charge in [-0.25, -0.2) is 0 Å². The molecule has 1 heterocycles. The van der Waals surface area contributed by atoms with Crippen LogP contribution in [0.1, 0.15) is 43.0 Å². The Labute approximate surface area is 169 Å². The molecule has 146 valence electrons. The minimum atomic E-state index is -0.547. The van der Waals surface area contributed by atoms with Crippen LogP contribution in [0.25, 0.3) is 11.4 Å². The molecule has 1 aliphatic carbocycles. The van der Waals surface area contributed by atoms with Crippen molar-refractivity contribution in [2.75, 3.05) is 5.73 Å². The molecule has 28 heavy (non-hydrogen) atoms. The lowest BCUT2D eigenvalue weighted by molar-refractivity contribution is -0.125. The van der Waals surface area contributed by atoms with Gasteiger partial charge in [-0.1, -0.05) is 36.4 Å². The molecule has 0 spiro atoms. The molecule has 2 aromatic carbocycles. The molecule has 0 saturated carbocycles. The molecule has 0 radical (unpaired) electrons. The van der Waals surface area contributed by atoms with E-state index >= 15 is 0 Å². The van der Waals surface area contributed by atoms with E-state index < -0.39 is 6.04 Å². The third-order valence-corrected chi connectivity index (χ3v) is 4.98. The number of amides is 1. The Balaban J connectivity index is 0.00000225. The van der Waals surface area contributed by atoms with Crippen molar-refractivity contribution < 1.29 is 4.79 Å². The van der Waals surface area contributed by atoms with Gasteiger partial charge in [-0.3, -0.25) is 4.79 Å². The zero-order valence-electron chi connectivity index (χ0n) is 15.6. The third kappa shape index (κ3) is 3.99. The van der Waals surface area contributed by atoms with Crippen molar-refractivity contribution in [1.29, 1.82) is 0 Å². The standard InChI is InChI=1S/C20H22N6O.ClH/c1-13(26-24-19(23-25-26)14-6-3-2-4-7-14)20(27)22-18-9-5-8-15-12-16(21)10-11-17(15)18;/h2-4,6-7,10-13,18H,5,8-9,21H2,1H3,(H,22,27);1H. The highest BCUT2D eigenvalue weighted by Crippen LogP contribution is 2.31. The van der Waals surface area contributed by atoms with Gasteiger partial charge in [0, 0.05) is 11.3 Å². The molecule has 3 aromatic rings. The molecule has 1 aromatic heterocycles. The molecule has 4 rings (SSSR count). The molecular weight excluding hydrogens is 376 g/mol. The van der Waals surface area contributed by atoms with E-state index in [1.54, 1.807) is 6.92 Å². The first-order valence-electron chi connectivity index (χ1n) is 9.15. The van der Waals surface area contributed by atoms with E-state index in [0.29, 0.717) is 5.82 Å². The van der Waals surface area contributed by atoms with Crippen molar-refractivity contribution in [2.24, 2.45) is 0 Å². The molecule has 0 aliphatic heterocycles. The van der Waals surface area contributed by atoms with Gasteiger partial charge in [0.2, 0.25) is 11.7 Å². The largest absolute Gasteiger partial charge is 0.399 e. The summed E-state index contributed by atoms with van der Waals surface area (Å²) in [6.07, 6.45) is 2.93. The zero-order valence-corrected chi connectivity index (χ0v) is 16.4. The number of anilines is 1. The van der Waals surface area contributed by atoms with Crippen LogP contribution in [0.4, 0.5) is 5.69 Å². The number of halogens is 1. The first kappa shape index (κ1) is 19.8. The summed E-state index contributed by atoms with van der Waals surface area (Å²) in [5, 5.41) is 15.6. The van der Waals surface area contributed by atoms with E-state index in [9.17, 15) is 4.79 Å². The summed E-state index contributed by atoms with van der Waals surface area (Å²) in [7, 11) is 0. The predicted molar refractivity (Wildman–Crippen MR) is 110 cm³/mol. The summed E-state index contributed by atoms with van der Waals surface area (Å²) in [5.74, 6) is 0.385. The lowest BCUT2D eigenvalue weighted by Gasteiger charge is -2.27. The molecule has 7 nitrogen and oxygen atoms in total. The number of rotatable bonds is 4. The Morgan fingerprint density at radius 2 is 2.04 bits per heavy atom. The second kappa shape index (κ2) is 8.39. The van der Waals surface area contributed by atoms with Crippen LogP contribution < -0.4 is 11.1 Å². The Bertz CT molecular complexity index is 958. The number of hydrogen-bond acceptors (Lipinski definition) is 5. The maximum Gasteiger partial charge on any atom is 0.247 e.